The first kappa shape index (κ1) is 13.9. The minimum atomic E-state index is -0.641. The van der Waals surface area contributed by atoms with Crippen LogP contribution in [-0.2, 0) is 11.3 Å². The van der Waals surface area contributed by atoms with Gasteiger partial charge in [-0.2, -0.15) is 0 Å². The van der Waals surface area contributed by atoms with Crippen LogP contribution in [0.5, 0.6) is 0 Å². The number of aryl methyl sites for hydroxylation is 1. The minimum Gasteiger partial charge on any atom is -0.392 e. The Labute approximate surface area is 118 Å². The molecule has 3 N–H and O–H groups in total. The Morgan fingerprint density at radius 3 is 2.79 bits per heavy atom. The molecule has 2 rings (SSSR count). The quantitative estimate of drug-likeness (QED) is 0.824. The van der Waals surface area contributed by atoms with E-state index in [9.17, 15) is 4.79 Å². The fourth-order valence-corrected chi connectivity index (χ4v) is 2.90. The summed E-state index contributed by atoms with van der Waals surface area (Å²) < 4.78 is 0. The summed E-state index contributed by atoms with van der Waals surface area (Å²) in [6.07, 6.45) is 5.26. The molecule has 0 radical (unpaired) electrons. The molecule has 0 atom stereocenters. The van der Waals surface area contributed by atoms with Crippen molar-refractivity contribution in [1.29, 1.82) is 0 Å². The highest BCUT2D eigenvalue weighted by atomic mass is 32.1. The van der Waals surface area contributed by atoms with Crippen molar-refractivity contribution in [2.24, 2.45) is 11.1 Å². The lowest BCUT2D eigenvalue weighted by atomic mass is 9.85. The van der Waals surface area contributed by atoms with Gasteiger partial charge in [0.2, 0.25) is 5.91 Å². The fourth-order valence-electron chi connectivity index (χ4n) is 2.60. The number of pyridine rings is 1. The van der Waals surface area contributed by atoms with Gasteiger partial charge in [0.25, 0.3) is 0 Å². The molecular weight excluding hydrogens is 258 g/mol. The Balaban J connectivity index is 2.05. The van der Waals surface area contributed by atoms with Crippen LogP contribution in [0, 0.1) is 12.3 Å². The third kappa shape index (κ3) is 2.76. The van der Waals surface area contributed by atoms with Gasteiger partial charge in [0.05, 0.1) is 22.6 Å². The lowest BCUT2D eigenvalue weighted by molar-refractivity contribution is -0.127. The lowest BCUT2D eigenvalue weighted by Crippen LogP contribution is -2.47. The van der Waals surface area contributed by atoms with Crippen LogP contribution in [0.1, 0.15) is 36.9 Å². The molecule has 5 heteroatoms. The molecule has 1 heterocycles. The molecule has 1 fully saturated rings. The van der Waals surface area contributed by atoms with E-state index in [1.54, 1.807) is 6.20 Å². The number of carbonyl (C=O) groups excluding carboxylic acids is 1. The van der Waals surface area contributed by atoms with Crippen LogP contribution in [0.3, 0.4) is 0 Å². The van der Waals surface area contributed by atoms with Gasteiger partial charge in [0, 0.05) is 6.20 Å². The molecule has 0 aliphatic heterocycles. The average Bonchev–Trinajstić information content (AvgIpc) is 2.88. The van der Waals surface area contributed by atoms with Gasteiger partial charge in [0.15, 0.2) is 0 Å². The van der Waals surface area contributed by atoms with Gasteiger partial charge in [-0.25, -0.2) is 0 Å². The third-order valence-corrected chi connectivity index (χ3v) is 4.29. The number of aromatic nitrogens is 1. The maximum Gasteiger partial charge on any atom is 0.233 e. The third-order valence-electron chi connectivity index (χ3n) is 3.90. The summed E-state index contributed by atoms with van der Waals surface area (Å²) in [7, 11) is 0. The second-order valence-electron chi connectivity index (χ2n) is 5.10. The fraction of sp³-hybridized carbons (Fsp3) is 0.500. The first-order valence-corrected chi connectivity index (χ1v) is 6.96. The number of nitrogens with one attached hydrogen (secondary N) is 1. The van der Waals surface area contributed by atoms with Gasteiger partial charge in [-0.1, -0.05) is 31.1 Å². The van der Waals surface area contributed by atoms with Gasteiger partial charge >= 0.3 is 0 Å². The normalized spacial score (nSPS) is 17.1. The van der Waals surface area contributed by atoms with E-state index < -0.39 is 5.41 Å². The standard InChI is InChI=1S/C14H19N3OS/c1-10-5-4-8-16-11(10)9-17-13(18)14(12(15)19)6-2-3-7-14/h4-5,8H,2-3,6-7,9H2,1H3,(H2,15,19)(H,17,18). The Bertz CT molecular complexity index is 495. The average molecular weight is 277 g/mol. The summed E-state index contributed by atoms with van der Waals surface area (Å²) in [5, 5.41) is 2.93. The van der Waals surface area contributed by atoms with Crippen molar-refractivity contribution in [2.75, 3.05) is 0 Å². The van der Waals surface area contributed by atoms with Crippen LogP contribution in [0.15, 0.2) is 18.3 Å². The predicted molar refractivity (Wildman–Crippen MR) is 78.5 cm³/mol. The molecule has 0 bridgehead atoms. The maximum atomic E-state index is 12.4. The zero-order valence-electron chi connectivity index (χ0n) is 11.1. The second kappa shape index (κ2) is 5.65. The molecule has 0 spiro atoms. The molecule has 1 saturated carbocycles. The lowest BCUT2D eigenvalue weighted by Gasteiger charge is -2.26. The molecule has 19 heavy (non-hydrogen) atoms. The van der Waals surface area contributed by atoms with E-state index >= 15 is 0 Å². The van der Waals surface area contributed by atoms with Crippen molar-refractivity contribution in [1.82, 2.24) is 10.3 Å². The van der Waals surface area contributed by atoms with Crippen LogP contribution < -0.4 is 11.1 Å². The topological polar surface area (TPSA) is 68.0 Å². The zero-order chi connectivity index (χ0) is 13.9. The van der Waals surface area contributed by atoms with Crippen molar-refractivity contribution in [3.8, 4) is 0 Å². The summed E-state index contributed by atoms with van der Waals surface area (Å²) in [5.41, 5.74) is 7.10. The maximum absolute atomic E-state index is 12.4. The molecule has 1 aliphatic rings. The van der Waals surface area contributed by atoms with E-state index in [1.807, 2.05) is 19.1 Å². The first-order chi connectivity index (χ1) is 9.06. The second-order valence-corrected chi connectivity index (χ2v) is 5.54. The summed E-state index contributed by atoms with van der Waals surface area (Å²) in [5.74, 6) is -0.0532. The van der Waals surface area contributed by atoms with Gasteiger partial charge in [0.1, 0.15) is 0 Å². The van der Waals surface area contributed by atoms with Crippen LogP contribution in [0.2, 0.25) is 0 Å². The van der Waals surface area contributed by atoms with E-state index in [2.05, 4.69) is 10.3 Å². The molecule has 1 aromatic heterocycles. The molecule has 0 saturated heterocycles. The molecule has 0 aromatic carbocycles. The van der Waals surface area contributed by atoms with Crippen molar-refractivity contribution < 1.29 is 4.79 Å². The molecule has 102 valence electrons. The van der Waals surface area contributed by atoms with Crippen molar-refractivity contribution in [3.05, 3.63) is 29.6 Å². The zero-order valence-corrected chi connectivity index (χ0v) is 11.9. The molecule has 4 nitrogen and oxygen atoms in total. The van der Waals surface area contributed by atoms with E-state index in [1.165, 1.54) is 0 Å². The number of carbonyl (C=O) groups is 1. The predicted octanol–water partition coefficient (Wildman–Crippen LogP) is 1.85. The largest absolute Gasteiger partial charge is 0.392 e. The number of amides is 1. The highest BCUT2D eigenvalue weighted by molar-refractivity contribution is 7.80. The first-order valence-electron chi connectivity index (χ1n) is 6.55. The highest BCUT2D eigenvalue weighted by Gasteiger charge is 2.43. The van der Waals surface area contributed by atoms with Crippen LogP contribution in [0.25, 0.3) is 0 Å². The number of nitrogens with zero attached hydrogens (tertiary/aromatic N) is 1. The van der Waals surface area contributed by atoms with Crippen molar-refractivity contribution >= 4 is 23.1 Å². The van der Waals surface area contributed by atoms with E-state index in [4.69, 9.17) is 18.0 Å². The SMILES string of the molecule is Cc1cccnc1CNC(=O)C1(C(N)=S)CCCC1. The summed E-state index contributed by atoms with van der Waals surface area (Å²) in [6.45, 7) is 2.41. The number of rotatable bonds is 4. The smallest absolute Gasteiger partial charge is 0.233 e. The summed E-state index contributed by atoms with van der Waals surface area (Å²) >= 11 is 5.10. The summed E-state index contributed by atoms with van der Waals surface area (Å²) in [4.78, 5) is 17.0. The Kier molecular flexibility index (Phi) is 4.14. The van der Waals surface area contributed by atoms with Crippen molar-refractivity contribution in [3.63, 3.8) is 0 Å². The molecule has 1 aliphatic carbocycles. The van der Waals surface area contributed by atoms with E-state index in [-0.39, 0.29) is 5.91 Å². The van der Waals surface area contributed by atoms with E-state index in [0.29, 0.717) is 11.5 Å². The number of nitrogens with two attached hydrogens (primary N) is 1. The van der Waals surface area contributed by atoms with Gasteiger partial charge in [-0.3, -0.25) is 9.78 Å². The van der Waals surface area contributed by atoms with Crippen LogP contribution in [0.4, 0.5) is 0 Å². The highest BCUT2D eigenvalue weighted by Crippen LogP contribution is 2.38. The summed E-state index contributed by atoms with van der Waals surface area (Å²) in [6, 6.07) is 3.86. The molecular formula is C14H19N3OS. The number of hydrogen-bond donors (Lipinski definition) is 2. The van der Waals surface area contributed by atoms with Crippen molar-refractivity contribution in [2.45, 2.75) is 39.2 Å². The Hall–Kier alpha value is -1.49. The molecule has 1 aromatic rings. The van der Waals surface area contributed by atoms with Gasteiger partial charge < -0.3 is 11.1 Å². The monoisotopic (exact) mass is 277 g/mol. The van der Waals surface area contributed by atoms with Gasteiger partial charge in [-0.15, -0.1) is 0 Å². The van der Waals surface area contributed by atoms with Gasteiger partial charge in [-0.05, 0) is 31.4 Å². The Morgan fingerprint density at radius 2 is 2.21 bits per heavy atom. The van der Waals surface area contributed by atoms with Crippen LogP contribution >= 0.6 is 12.2 Å². The van der Waals surface area contributed by atoms with E-state index in [0.717, 1.165) is 36.9 Å². The number of thiocarbonyl (C=S) groups is 1. The number of hydrogen-bond acceptors (Lipinski definition) is 3. The molecule has 1 amide bonds. The Morgan fingerprint density at radius 1 is 1.53 bits per heavy atom. The molecule has 0 unspecified atom stereocenters. The minimum absolute atomic E-state index is 0.0532. The van der Waals surface area contributed by atoms with Crippen LogP contribution in [-0.4, -0.2) is 15.9 Å².